The third kappa shape index (κ3) is 5.44. The predicted octanol–water partition coefficient (Wildman–Crippen LogP) is 7.39. The number of carbonyl (C=O) groups excluding carboxylic acids is 1. The van der Waals surface area contributed by atoms with Crippen LogP contribution in [0.5, 0.6) is 5.75 Å². The van der Waals surface area contributed by atoms with Gasteiger partial charge in [-0.3, -0.25) is 0 Å². The average Bonchev–Trinajstić information content (AvgIpc) is 3.32. The summed E-state index contributed by atoms with van der Waals surface area (Å²) in [5.74, 6) is 0.379. The van der Waals surface area contributed by atoms with Gasteiger partial charge >= 0.3 is 5.97 Å². The molecule has 0 aromatic heterocycles. The number of cyclic esters (lactones) is 1. The van der Waals surface area contributed by atoms with Gasteiger partial charge in [0.1, 0.15) is 5.75 Å². The molecule has 0 radical (unpaired) electrons. The molecule has 1 aliphatic heterocycles. The van der Waals surface area contributed by atoms with E-state index in [1.165, 1.54) is 0 Å². The van der Waals surface area contributed by atoms with E-state index in [1.54, 1.807) is 0 Å². The summed E-state index contributed by atoms with van der Waals surface area (Å²) in [6, 6.07) is 30.7. The predicted molar refractivity (Wildman–Crippen MR) is 182 cm³/mol. The monoisotopic (exact) mass is 587 g/mol. The first-order valence-electron chi connectivity index (χ1n) is 14.8. The second-order valence-electron chi connectivity index (χ2n) is 11.5. The summed E-state index contributed by atoms with van der Waals surface area (Å²) in [7, 11) is 12.0. The minimum atomic E-state index is -1.25. The van der Waals surface area contributed by atoms with Crippen molar-refractivity contribution in [2.75, 3.05) is 63.6 Å². The number of fused-ring (bicyclic) bond motifs is 1. The fourth-order valence-electron chi connectivity index (χ4n) is 5.81. The lowest BCUT2D eigenvalue weighted by Gasteiger charge is -2.34. The normalized spacial score (nSPS) is 15.2. The van der Waals surface area contributed by atoms with Crippen LogP contribution in [0.15, 0.2) is 109 Å². The van der Waals surface area contributed by atoms with E-state index in [0.717, 1.165) is 56.2 Å². The summed E-state index contributed by atoms with van der Waals surface area (Å²) < 4.78 is 12.4. The molecule has 1 atom stereocenters. The van der Waals surface area contributed by atoms with Gasteiger partial charge in [-0.2, -0.15) is 0 Å². The molecule has 226 valence electrons. The summed E-state index contributed by atoms with van der Waals surface area (Å²) in [5.41, 5.74) is 7.67. The van der Waals surface area contributed by atoms with Gasteiger partial charge < -0.3 is 24.2 Å². The van der Waals surface area contributed by atoms with E-state index in [1.807, 2.05) is 103 Å². The zero-order valence-corrected chi connectivity index (χ0v) is 26.7. The van der Waals surface area contributed by atoms with E-state index in [2.05, 4.69) is 64.9 Å². The molecule has 4 aromatic carbocycles. The smallest absolute Gasteiger partial charge is 0.340 e. The maximum absolute atomic E-state index is 13.8. The van der Waals surface area contributed by atoms with E-state index in [9.17, 15) is 4.79 Å². The second-order valence-corrected chi connectivity index (χ2v) is 11.5. The van der Waals surface area contributed by atoms with Crippen molar-refractivity contribution in [3.05, 3.63) is 137 Å². The van der Waals surface area contributed by atoms with Crippen molar-refractivity contribution in [2.45, 2.75) is 12.5 Å². The third-order valence-electron chi connectivity index (χ3n) is 8.13. The zero-order valence-electron chi connectivity index (χ0n) is 26.7. The topological polar surface area (TPSA) is 45.3 Å². The van der Waals surface area contributed by atoms with Gasteiger partial charge in [0.2, 0.25) is 0 Å². The molecule has 5 rings (SSSR count). The molecule has 0 spiro atoms. The number of hydrogen-bond acceptors (Lipinski definition) is 6. The number of ether oxygens (including phenoxy) is 2. The van der Waals surface area contributed by atoms with E-state index >= 15 is 0 Å². The Bertz CT molecular complexity index is 1630. The van der Waals surface area contributed by atoms with Gasteiger partial charge in [0.05, 0.1) is 12.2 Å². The summed E-state index contributed by atoms with van der Waals surface area (Å²) in [4.78, 5) is 20.0. The van der Waals surface area contributed by atoms with Crippen molar-refractivity contribution < 1.29 is 14.3 Å². The first-order valence-corrected chi connectivity index (χ1v) is 14.8. The van der Waals surface area contributed by atoms with Crippen LogP contribution >= 0.6 is 0 Å². The quantitative estimate of drug-likeness (QED) is 0.142. The molecule has 1 heterocycles. The summed E-state index contributed by atoms with van der Waals surface area (Å²) in [6.07, 6.45) is 1.84. The molecule has 0 N–H and O–H groups in total. The van der Waals surface area contributed by atoms with Gasteiger partial charge in [-0.15, -0.1) is 0 Å². The van der Waals surface area contributed by atoms with Crippen LogP contribution in [0.4, 0.5) is 17.1 Å². The Morgan fingerprint density at radius 3 is 1.70 bits per heavy atom. The number of rotatable bonds is 10. The van der Waals surface area contributed by atoms with Crippen molar-refractivity contribution >= 4 is 28.6 Å². The van der Waals surface area contributed by atoms with Crippen LogP contribution in [0.3, 0.4) is 0 Å². The van der Waals surface area contributed by atoms with Crippen LogP contribution in [0.2, 0.25) is 0 Å². The number of anilines is 3. The summed E-state index contributed by atoms with van der Waals surface area (Å²) in [5, 5.41) is 0. The van der Waals surface area contributed by atoms with Gasteiger partial charge in [0.15, 0.2) is 5.60 Å². The molecular weight excluding hydrogens is 546 g/mol. The summed E-state index contributed by atoms with van der Waals surface area (Å²) >= 11 is 0. The average molecular weight is 588 g/mol. The molecule has 0 aliphatic carbocycles. The molecule has 0 saturated heterocycles. The van der Waals surface area contributed by atoms with Crippen molar-refractivity contribution in [1.82, 2.24) is 0 Å². The lowest BCUT2D eigenvalue weighted by atomic mass is 9.75. The lowest BCUT2D eigenvalue weighted by molar-refractivity contribution is 0.0251. The number of esters is 1. The van der Waals surface area contributed by atoms with Crippen molar-refractivity contribution in [2.24, 2.45) is 0 Å². The highest BCUT2D eigenvalue weighted by Crippen LogP contribution is 2.51. The Kier molecular flexibility index (Phi) is 8.54. The van der Waals surface area contributed by atoms with Crippen LogP contribution < -0.4 is 19.4 Å². The first-order chi connectivity index (χ1) is 21.1. The number of benzene rings is 4. The Morgan fingerprint density at radius 2 is 1.25 bits per heavy atom. The molecule has 1 unspecified atom stereocenters. The SMILES string of the molecule is C=CC(=C(c1ccc(N(C)C)cc1)c1ccc(N(C)C)cc1)C1(c2ccc(OCC)cc2)OC(=O)c2cc(N(C)C)ccc21. The van der Waals surface area contributed by atoms with E-state index in [-0.39, 0.29) is 5.97 Å². The molecule has 6 nitrogen and oxygen atoms in total. The fraction of sp³-hybridized carbons (Fsp3) is 0.237. The Hall–Kier alpha value is -4.97. The van der Waals surface area contributed by atoms with Crippen molar-refractivity contribution in [1.29, 1.82) is 0 Å². The van der Waals surface area contributed by atoms with E-state index in [4.69, 9.17) is 9.47 Å². The van der Waals surface area contributed by atoms with Crippen molar-refractivity contribution in [3.8, 4) is 5.75 Å². The van der Waals surface area contributed by atoms with Crippen molar-refractivity contribution in [3.63, 3.8) is 0 Å². The Balaban J connectivity index is 1.87. The molecule has 44 heavy (non-hydrogen) atoms. The third-order valence-corrected chi connectivity index (χ3v) is 8.13. The van der Waals surface area contributed by atoms with E-state index < -0.39 is 5.60 Å². The molecular formula is C38H41N3O3. The van der Waals surface area contributed by atoms with Crippen LogP contribution in [0.25, 0.3) is 5.57 Å². The van der Waals surface area contributed by atoms with Crippen LogP contribution in [0, 0.1) is 0 Å². The molecule has 0 fully saturated rings. The maximum atomic E-state index is 13.8. The van der Waals surface area contributed by atoms with Crippen LogP contribution in [-0.4, -0.2) is 54.9 Å². The minimum absolute atomic E-state index is 0.373. The first kappa shape index (κ1) is 30.5. The lowest BCUT2D eigenvalue weighted by Crippen LogP contribution is -2.31. The molecule has 0 bridgehead atoms. The minimum Gasteiger partial charge on any atom is -0.494 e. The number of hydrogen-bond donors (Lipinski definition) is 0. The van der Waals surface area contributed by atoms with E-state index in [0.29, 0.717) is 12.2 Å². The van der Waals surface area contributed by atoms with Gasteiger partial charge in [0.25, 0.3) is 0 Å². The molecule has 1 aliphatic rings. The van der Waals surface area contributed by atoms with Crippen LogP contribution in [0.1, 0.15) is 39.5 Å². The standard InChI is InChI=1S/C38H41N3O3/c1-9-34(36(26-11-17-29(18-12-26)39(3)4)27-13-19-30(20-14-27)40(5)6)38(28-15-22-32(23-16-28)43-10-2)35-24-21-31(41(7)8)25-33(35)37(42)44-38/h9,11-25H,1,10H2,2-8H3. The van der Waals surface area contributed by atoms with Crippen LogP contribution in [-0.2, 0) is 10.3 Å². The highest BCUT2D eigenvalue weighted by Gasteiger charge is 2.50. The highest BCUT2D eigenvalue weighted by molar-refractivity contribution is 5.99. The number of carbonyl (C=O) groups is 1. The summed E-state index contributed by atoms with van der Waals surface area (Å²) in [6.45, 7) is 6.85. The van der Waals surface area contributed by atoms with Gasteiger partial charge in [0, 0.05) is 76.0 Å². The largest absolute Gasteiger partial charge is 0.494 e. The van der Waals surface area contributed by atoms with Gasteiger partial charge in [-0.05, 0) is 72.2 Å². The number of nitrogens with zero attached hydrogens (tertiary/aromatic N) is 3. The second kappa shape index (κ2) is 12.3. The molecule has 6 heteroatoms. The van der Waals surface area contributed by atoms with Gasteiger partial charge in [-0.25, -0.2) is 4.79 Å². The van der Waals surface area contributed by atoms with Gasteiger partial charge in [-0.1, -0.05) is 55.1 Å². The molecule has 4 aromatic rings. The Morgan fingerprint density at radius 1 is 0.750 bits per heavy atom. The maximum Gasteiger partial charge on any atom is 0.340 e. The molecule has 0 saturated carbocycles. The highest BCUT2D eigenvalue weighted by atomic mass is 16.6. The Labute approximate surface area is 261 Å². The fourth-order valence-corrected chi connectivity index (χ4v) is 5.81. The molecule has 0 amide bonds. The zero-order chi connectivity index (χ0) is 31.6.